The number of furan rings is 2. The van der Waals surface area contributed by atoms with Gasteiger partial charge in [0.2, 0.25) is 11.5 Å². The Balaban J connectivity index is 2.46. The molecular formula is C10H5NO4. The van der Waals surface area contributed by atoms with Crippen LogP contribution in [-0.4, -0.2) is 16.1 Å². The average molecular weight is 203 g/mol. The molecular weight excluding hydrogens is 198 g/mol. The third-order valence-electron chi connectivity index (χ3n) is 2.18. The molecule has 5 heteroatoms. The molecule has 0 atom stereocenters. The number of carboxylic acid groups (broad SMARTS) is 1. The van der Waals surface area contributed by atoms with E-state index < -0.39 is 5.97 Å². The van der Waals surface area contributed by atoms with Crippen LogP contribution in [0.3, 0.4) is 0 Å². The highest BCUT2D eigenvalue weighted by Crippen LogP contribution is 2.26. The highest BCUT2D eigenvalue weighted by Gasteiger charge is 2.14. The van der Waals surface area contributed by atoms with Crippen molar-refractivity contribution in [2.45, 2.75) is 0 Å². The van der Waals surface area contributed by atoms with Crippen LogP contribution >= 0.6 is 0 Å². The van der Waals surface area contributed by atoms with E-state index in [2.05, 4.69) is 4.98 Å². The molecule has 0 aliphatic carbocycles. The van der Waals surface area contributed by atoms with Gasteiger partial charge < -0.3 is 13.9 Å². The fourth-order valence-corrected chi connectivity index (χ4v) is 1.51. The van der Waals surface area contributed by atoms with Gasteiger partial charge in [-0.15, -0.1) is 0 Å². The second-order valence-corrected chi connectivity index (χ2v) is 3.10. The molecule has 0 amide bonds. The average Bonchev–Trinajstić information content (AvgIpc) is 2.82. The van der Waals surface area contributed by atoms with Gasteiger partial charge in [0.15, 0.2) is 0 Å². The number of carbonyl (C=O) groups is 1. The topological polar surface area (TPSA) is 76.5 Å². The van der Waals surface area contributed by atoms with Gasteiger partial charge in [-0.05, 0) is 6.07 Å². The lowest BCUT2D eigenvalue weighted by Crippen LogP contribution is -1.91. The van der Waals surface area contributed by atoms with Crippen molar-refractivity contribution in [2.75, 3.05) is 0 Å². The van der Waals surface area contributed by atoms with Crippen molar-refractivity contribution in [1.29, 1.82) is 0 Å². The third-order valence-corrected chi connectivity index (χ3v) is 2.18. The Morgan fingerprint density at radius 3 is 3.13 bits per heavy atom. The van der Waals surface area contributed by atoms with E-state index in [-0.39, 0.29) is 11.5 Å². The predicted molar refractivity (Wildman–Crippen MR) is 50.7 cm³/mol. The van der Waals surface area contributed by atoms with E-state index in [1.165, 1.54) is 12.3 Å². The Bertz CT molecular complexity index is 664. The number of rotatable bonds is 1. The molecule has 3 heterocycles. The first-order chi connectivity index (χ1) is 7.25. The van der Waals surface area contributed by atoms with E-state index in [0.29, 0.717) is 11.0 Å². The van der Waals surface area contributed by atoms with Gasteiger partial charge >= 0.3 is 5.97 Å². The smallest absolute Gasteiger partial charge is 0.371 e. The largest absolute Gasteiger partial charge is 0.475 e. The third kappa shape index (κ3) is 1.03. The van der Waals surface area contributed by atoms with Crippen LogP contribution in [0.4, 0.5) is 0 Å². The van der Waals surface area contributed by atoms with Crippen LogP contribution in [0, 0.1) is 0 Å². The molecule has 0 aliphatic rings. The van der Waals surface area contributed by atoms with Crippen molar-refractivity contribution in [3.8, 4) is 0 Å². The van der Waals surface area contributed by atoms with Crippen molar-refractivity contribution in [2.24, 2.45) is 0 Å². The molecule has 1 N–H and O–H groups in total. The first-order valence-corrected chi connectivity index (χ1v) is 4.25. The van der Waals surface area contributed by atoms with Gasteiger partial charge in [-0.25, -0.2) is 9.78 Å². The van der Waals surface area contributed by atoms with Crippen molar-refractivity contribution in [1.82, 2.24) is 4.98 Å². The molecule has 74 valence electrons. The van der Waals surface area contributed by atoms with Crippen molar-refractivity contribution < 1.29 is 18.7 Å². The lowest BCUT2D eigenvalue weighted by Gasteiger charge is -1.87. The van der Waals surface area contributed by atoms with Crippen LogP contribution in [-0.2, 0) is 0 Å². The maximum absolute atomic E-state index is 10.7. The lowest BCUT2D eigenvalue weighted by molar-refractivity contribution is 0.0664. The fourth-order valence-electron chi connectivity index (χ4n) is 1.51. The Kier molecular flexibility index (Phi) is 1.39. The van der Waals surface area contributed by atoms with Crippen molar-refractivity contribution in [3.63, 3.8) is 0 Å². The lowest BCUT2D eigenvalue weighted by atomic mass is 10.2. The molecule has 0 aliphatic heterocycles. The summed E-state index contributed by atoms with van der Waals surface area (Å²) in [5.41, 5.74) is 0.867. The quantitative estimate of drug-likeness (QED) is 0.656. The maximum Gasteiger partial charge on any atom is 0.371 e. The standard InChI is InChI=1S/C10H5NO4/c12-10(13)7-3-6-8-5(1-2-14-8)4-11-9(6)15-7/h1-4H,(H,12,13). The first kappa shape index (κ1) is 8.05. The Hall–Kier alpha value is -2.30. The first-order valence-electron chi connectivity index (χ1n) is 4.25. The molecule has 3 aromatic heterocycles. The number of hydrogen-bond donors (Lipinski definition) is 1. The Morgan fingerprint density at radius 2 is 2.33 bits per heavy atom. The Morgan fingerprint density at radius 1 is 1.47 bits per heavy atom. The second kappa shape index (κ2) is 2.60. The van der Waals surface area contributed by atoms with Gasteiger partial charge in [-0.2, -0.15) is 0 Å². The van der Waals surface area contributed by atoms with Gasteiger partial charge in [-0.3, -0.25) is 0 Å². The zero-order valence-corrected chi connectivity index (χ0v) is 7.43. The normalized spacial score (nSPS) is 11.2. The Labute approximate surface area is 82.9 Å². The summed E-state index contributed by atoms with van der Waals surface area (Å²) in [6.45, 7) is 0. The minimum atomic E-state index is -1.12. The zero-order valence-electron chi connectivity index (χ0n) is 7.43. The van der Waals surface area contributed by atoms with E-state index in [1.54, 1.807) is 12.3 Å². The summed E-state index contributed by atoms with van der Waals surface area (Å²) in [5.74, 6) is -1.26. The van der Waals surface area contributed by atoms with Crippen molar-refractivity contribution >= 4 is 28.0 Å². The molecule has 5 nitrogen and oxygen atoms in total. The minimum Gasteiger partial charge on any atom is -0.475 e. The van der Waals surface area contributed by atoms with Crippen molar-refractivity contribution in [3.05, 3.63) is 30.4 Å². The van der Waals surface area contributed by atoms with Crippen LogP contribution in [0.15, 0.2) is 33.4 Å². The molecule has 0 unspecified atom stereocenters. The monoisotopic (exact) mass is 203 g/mol. The van der Waals surface area contributed by atoms with Crippen LogP contribution in [0.2, 0.25) is 0 Å². The number of aromatic nitrogens is 1. The maximum atomic E-state index is 10.7. The second-order valence-electron chi connectivity index (χ2n) is 3.10. The fraction of sp³-hybridized carbons (Fsp3) is 0. The summed E-state index contributed by atoms with van der Waals surface area (Å²) in [6, 6.07) is 3.17. The number of carboxylic acids is 1. The number of pyridine rings is 1. The molecule has 0 saturated heterocycles. The van der Waals surface area contributed by atoms with E-state index >= 15 is 0 Å². The van der Waals surface area contributed by atoms with E-state index in [0.717, 1.165) is 5.39 Å². The zero-order chi connectivity index (χ0) is 10.4. The molecule has 3 rings (SSSR count). The van der Waals surface area contributed by atoms with E-state index in [1.807, 2.05) is 0 Å². The number of hydrogen-bond acceptors (Lipinski definition) is 4. The molecule has 0 saturated carbocycles. The van der Waals surface area contributed by atoms with Gasteiger partial charge in [0.1, 0.15) is 5.58 Å². The van der Waals surface area contributed by atoms with Gasteiger partial charge in [0, 0.05) is 17.6 Å². The molecule has 0 aromatic carbocycles. The summed E-state index contributed by atoms with van der Waals surface area (Å²) in [7, 11) is 0. The SMILES string of the molecule is O=C(O)c1cc2c(ncc3ccoc32)o1. The van der Waals surface area contributed by atoms with E-state index in [4.69, 9.17) is 13.9 Å². The number of aromatic carboxylic acids is 1. The predicted octanol–water partition coefficient (Wildman–Crippen LogP) is 2.27. The number of fused-ring (bicyclic) bond motifs is 3. The van der Waals surface area contributed by atoms with Gasteiger partial charge in [0.05, 0.1) is 11.6 Å². The summed E-state index contributed by atoms with van der Waals surface area (Å²) in [6.07, 6.45) is 3.11. The van der Waals surface area contributed by atoms with Gasteiger partial charge in [-0.1, -0.05) is 0 Å². The molecule has 0 radical (unpaired) electrons. The summed E-state index contributed by atoms with van der Waals surface area (Å²) in [4.78, 5) is 14.7. The highest BCUT2D eigenvalue weighted by molar-refractivity contribution is 6.02. The van der Waals surface area contributed by atoms with Crippen LogP contribution in [0.25, 0.3) is 22.1 Å². The summed E-state index contributed by atoms with van der Waals surface area (Å²) < 4.78 is 10.3. The highest BCUT2D eigenvalue weighted by atomic mass is 16.4. The molecule has 3 aromatic rings. The number of nitrogens with zero attached hydrogens (tertiary/aromatic N) is 1. The van der Waals surface area contributed by atoms with Crippen LogP contribution < -0.4 is 0 Å². The van der Waals surface area contributed by atoms with E-state index in [9.17, 15) is 4.79 Å². The summed E-state index contributed by atoms with van der Waals surface area (Å²) >= 11 is 0. The minimum absolute atomic E-state index is 0.138. The van der Waals surface area contributed by atoms with Crippen LogP contribution in [0.5, 0.6) is 0 Å². The summed E-state index contributed by atoms with van der Waals surface area (Å²) in [5, 5.41) is 10.2. The molecule has 0 bridgehead atoms. The molecule has 0 spiro atoms. The van der Waals surface area contributed by atoms with Gasteiger partial charge in [0.25, 0.3) is 0 Å². The molecule has 0 fully saturated rings. The van der Waals surface area contributed by atoms with Crippen LogP contribution in [0.1, 0.15) is 10.6 Å². The molecule has 15 heavy (non-hydrogen) atoms.